The zero-order valence-electron chi connectivity index (χ0n) is 11.8. The summed E-state index contributed by atoms with van der Waals surface area (Å²) in [5, 5.41) is 2.86. The van der Waals surface area contributed by atoms with E-state index in [0.717, 1.165) is 12.8 Å². The van der Waals surface area contributed by atoms with Crippen LogP contribution in [0.4, 0.5) is 0 Å². The highest BCUT2D eigenvalue weighted by Crippen LogP contribution is 2.13. The number of nitrogens with one attached hydrogen (secondary N) is 1. The number of benzene rings is 1. The number of carbonyl (C=O) groups excluding carboxylic acids is 1. The van der Waals surface area contributed by atoms with Crippen molar-refractivity contribution in [1.29, 1.82) is 0 Å². The maximum atomic E-state index is 11.7. The largest absolute Gasteiger partial charge is 0.332 e. The van der Waals surface area contributed by atoms with Gasteiger partial charge < -0.3 is 5.32 Å². The van der Waals surface area contributed by atoms with Crippen LogP contribution in [0.2, 0.25) is 0 Å². The van der Waals surface area contributed by atoms with Crippen molar-refractivity contribution in [1.82, 2.24) is 5.32 Å². The van der Waals surface area contributed by atoms with Gasteiger partial charge in [0.15, 0.2) is 0 Å². The summed E-state index contributed by atoms with van der Waals surface area (Å²) in [6.45, 7) is 7.78. The Labute approximate surface area is 110 Å². The van der Waals surface area contributed by atoms with Gasteiger partial charge in [0, 0.05) is 11.6 Å². The fourth-order valence-electron chi connectivity index (χ4n) is 1.46. The number of amides is 1. The molecule has 1 aromatic rings. The molecule has 0 bridgehead atoms. The number of rotatable bonds is 4. The summed E-state index contributed by atoms with van der Waals surface area (Å²) in [5.74, 6) is 0.0570. The minimum Gasteiger partial charge on any atom is -0.332 e. The smallest absolute Gasteiger partial charge is 0.229 e. The van der Waals surface area contributed by atoms with Gasteiger partial charge >= 0.3 is 0 Å². The summed E-state index contributed by atoms with van der Waals surface area (Å²) in [6.07, 6.45) is 3.81. The maximum absolute atomic E-state index is 11.7. The van der Waals surface area contributed by atoms with Crippen molar-refractivity contribution in [3.63, 3.8) is 0 Å². The molecule has 98 valence electrons. The second kappa shape index (κ2) is 6.39. The Hall–Kier alpha value is -1.57. The molecule has 1 rings (SSSR count). The van der Waals surface area contributed by atoms with Crippen molar-refractivity contribution in [2.75, 3.05) is 0 Å². The van der Waals surface area contributed by atoms with Gasteiger partial charge in [0.2, 0.25) is 5.91 Å². The monoisotopic (exact) mass is 245 g/mol. The molecular formula is C16H23NO. The highest BCUT2D eigenvalue weighted by Gasteiger charge is 2.19. The Balaban J connectivity index is 2.42. The molecule has 1 N–H and O–H groups in total. The Morgan fingerprint density at radius 1 is 1.22 bits per heavy atom. The molecule has 0 aliphatic rings. The Kier molecular flexibility index (Phi) is 5.14. The van der Waals surface area contributed by atoms with Crippen LogP contribution >= 0.6 is 0 Å². The molecular weight excluding hydrogens is 222 g/mol. The predicted octanol–water partition coefficient (Wildman–Crippen LogP) is 3.69. The lowest BCUT2D eigenvalue weighted by atomic mass is 9.96. The van der Waals surface area contributed by atoms with Crippen LogP contribution in [0.3, 0.4) is 0 Å². The molecule has 1 amide bonds. The average molecular weight is 245 g/mol. The Morgan fingerprint density at radius 3 is 2.39 bits per heavy atom. The van der Waals surface area contributed by atoms with Crippen LogP contribution in [0.15, 0.2) is 42.1 Å². The molecule has 0 aliphatic heterocycles. The van der Waals surface area contributed by atoms with Crippen LogP contribution in [-0.2, 0) is 11.2 Å². The first-order valence-corrected chi connectivity index (χ1v) is 6.40. The summed E-state index contributed by atoms with van der Waals surface area (Å²) in [7, 11) is 0. The molecule has 0 saturated carbocycles. The topological polar surface area (TPSA) is 29.1 Å². The maximum Gasteiger partial charge on any atom is 0.229 e. The van der Waals surface area contributed by atoms with Crippen molar-refractivity contribution in [2.45, 2.75) is 40.5 Å². The molecule has 1 aromatic carbocycles. The van der Waals surface area contributed by atoms with Gasteiger partial charge in [0.05, 0.1) is 0 Å². The van der Waals surface area contributed by atoms with Gasteiger partial charge in [-0.3, -0.25) is 4.79 Å². The van der Waals surface area contributed by atoms with Crippen molar-refractivity contribution >= 4 is 5.91 Å². The molecule has 0 aliphatic carbocycles. The summed E-state index contributed by atoms with van der Waals surface area (Å²) in [5.41, 5.74) is 2.18. The highest BCUT2D eigenvalue weighted by molar-refractivity contribution is 5.82. The predicted molar refractivity (Wildman–Crippen MR) is 76.1 cm³/mol. The van der Waals surface area contributed by atoms with Gasteiger partial charge in [-0.1, -0.05) is 56.7 Å². The quantitative estimate of drug-likeness (QED) is 0.861. The zero-order valence-corrected chi connectivity index (χ0v) is 11.8. The van der Waals surface area contributed by atoms with Crippen molar-refractivity contribution in [2.24, 2.45) is 5.41 Å². The van der Waals surface area contributed by atoms with Gasteiger partial charge in [-0.2, -0.15) is 0 Å². The van der Waals surface area contributed by atoms with Crippen LogP contribution in [0.5, 0.6) is 0 Å². The lowest BCUT2D eigenvalue weighted by Gasteiger charge is -2.16. The van der Waals surface area contributed by atoms with Gasteiger partial charge in [0.1, 0.15) is 0 Å². The van der Waals surface area contributed by atoms with E-state index in [1.165, 1.54) is 11.1 Å². The first-order valence-electron chi connectivity index (χ1n) is 6.40. The fraction of sp³-hybridized carbons (Fsp3) is 0.438. The van der Waals surface area contributed by atoms with Crippen molar-refractivity contribution in [3.8, 4) is 0 Å². The van der Waals surface area contributed by atoms with Gasteiger partial charge in [-0.05, 0) is 25.3 Å². The third kappa shape index (κ3) is 5.17. The van der Waals surface area contributed by atoms with E-state index < -0.39 is 0 Å². The number of allylic oxidation sites excluding steroid dienone is 1. The van der Waals surface area contributed by atoms with Gasteiger partial charge in [-0.15, -0.1) is 0 Å². The molecule has 0 saturated heterocycles. The normalized spacial score (nSPS) is 12.3. The zero-order chi connectivity index (χ0) is 13.6. The molecule has 0 fully saturated rings. The third-order valence-electron chi connectivity index (χ3n) is 2.78. The molecule has 0 aromatic heterocycles. The number of aryl methyl sites for hydroxylation is 1. The molecule has 0 unspecified atom stereocenters. The second-order valence-electron chi connectivity index (χ2n) is 5.70. The van der Waals surface area contributed by atoms with Crippen LogP contribution in [0.1, 0.15) is 39.7 Å². The summed E-state index contributed by atoms with van der Waals surface area (Å²) in [6, 6.07) is 10.4. The van der Waals surface area contributed by atoms with Crippen LogP contribution in [0.25, 0.3) is 0 Å². The van der Waals surface area contributed by atoms with E-state index in [1.807, 2.05) is 40.0 Å². The summed E-state index contributed by atoms with van der Waals surface area (Å²) < 4.78 is 0. The van der Waals surface area contributed by atoms with Crippen LogP contribution in [-0.4, -0.2) is 5.91 Å². The highest BCUT2D eigenvalue weighted by atomic mass is 16.2. The summed E-state index contributed by atoms with van der Waals surface area (Å²) >= 11 is 0. The van der Waals surface area contributed by atoms with Crippen molar-refractivity contribution in [3.05, 3.63) is 47.7 Å². The lowest BCUT2D eigenvalue weighted by molar-refractivity contribution is -0.127. The second-order valence-corrected chi connectivity index (χ2v) is 5.70. The van der Waals surface area contributed by atoms with E-state index in [-0.39, 0.29) is 11.3 Å². The average Bonchev–Trinajstić information content (AvgIpc) is 2.33. The fourth-order valence-corrected chi connectivity index (χ4v) is 1.46. The minimum absolute atomic E-state index is 0.0570. The molecule has 0 radical (unpaired) electrons. The number of carbonyl (C=O) groups is 1. The number of hydrogen-bond acceptors (Lipinski definition) is 1. The van der Waals surface area contributed by atoms with E-state index in [0.29, 0.717) is 0 Å². The van der Waals surface area contributed by atoms with E-state index in [4.69, 9.17) is 0 Å². The van der Waals surface area contributed by atoms with Crippen LogP contribution in [0, 0.1) is 5.41 Å². The molecule has 0 spiro atoms. The SMILES string of the molecule is C/C(=C\NC(=O)C(C)(C)C)CCc1ccccc1. The third-order valence-corrected chi connectivity index (χ3v) is 2.78. The summed E-state index contributed by atoms with van der Waals surface area (Å²) in [4.78, 5) is 11.7. The number of hydrogen-bond donors (Lipinski definition) is 1. The molecule has 0 atom stereocenters. The Bertz CT molecular complexity index is 412. The molecule has 2 nitrogen and oxygen atoms in total. The van der Waals surface area contributed by atoms with E-state index >= 15 is 0 Å². The lowest BCUT2D eigenvalue weighted by Crippen LogP contribution is -2.31. The van der Waals surface area contributed by atoms with Gasteiger partial charge in [0.25, 0.3) is 0 Å². The Morgan fingerprint density at radius 2 is 1.83 bits per heavy atom. The van der Waals surface area contributed by atoms with E-state index in [2.05, 4.69) is 29.6 Å². The molecule has 2 heteroatoms. The minimum atomic E-state index is -0.337. The van der Waals surface area contributed by atoms with Crippen molar-refractivity contribution < 1.29 is 4.79 Å². The first-order chi connectivity index (χ1) is 8.39. The molecule has 0 heterocycles. The first kappa shape index (κ1) is 14.5. The molecule has 18 heavy (non-hydrogen) atoms. The van der Waals surface area contributed by atoms with E-state index in [9.17, 15) is 4.79 Å². The van der Waals surface area contributed by atoms with Gasteiger partial charge in [-0.25, -0.2) is 0 Å². The standard InChI is InChI=1S/C16H23NO/c1-13(12-17-15(18)16(2,3)4)10-11-14-8-6-5-7-9-14/h5-9,12H,10-11H2,1-4H3,(H,17,18)/b13-12+. The van der Waals surface area contributed by atoms with Crippen LogP contribution < -0.4 is 5.32 Å². The van der Waals surface area contributed by atoms with E-state index in [1.54, 1.807) is 0 Å².